The van der Waals surface area contributed by atoms with Gasteiger partial charge >= 0.3 is 5.97 Å². The average Bonchev–Trinajstić information content (AvgIpc) is 3.43. The molecular formula is C31H30Cl4F2N4O6. The fourth-order valence-corrected chi connectivity index (χ4v) is 6.57. The molecule has 6 rings (SSSR count). The molecule has 0 saturated heterocycles. The van der Waals surface area contributed by atoms with E-state index in [4.69, 9.17) is 55.9 Å². The van der Waals surface area contributed by atoms with E-state index in [0.717, 1.165) is 43.9 Å². The number of aromatic nitrogens is 4. The second-order valence-corrected chi connectivity index (χ2v) is 12.8. The van der Waals surface area contributed by atoms with Crippen LogP contribution in [0.15, 0.2) is 33.9 Å². The summed E-state index contributed by atoms with van der Waals surface area (Å²) in [5.74, 6) is -2.18. The monoisotopic (exact) mass is 732 g/mol. The van der Waals surface area contributed by atoms with Crippen LogP contribution in [0.4, 0.5) is 8.78 Å². The molecule has 0 amide bonds. The minimum Gasteiger partial charge on any atom is -0.506 e. The van der Waals surface area contributed by atoms with E-state index in [1.807, 2.05) is 0 Å². The van der Waals surface area contributed by atoms with Crippen molar-refractivity contribution < 1.29 is 28.2 Å². The Morgan fingerprint density at radius 3 is 1.68 bits per heavy atom. The van der Waals surface area contributed by atoms with Gasteiger partial charge < -0.3 is 14.6 Å². The summed E-state index contributed by atoms with van der Waals surface area (Å²) in [6, 6.07) is 4.43. The number of benzene rings is 2. The zero-order valence-corrected chi connectivity index (χ0v) is 28.3. The molecule has 2 aromatic carbocycles. The molecule has 0 radical (unpaired) electrons. The van der Waals surface area contributed by atoms with Crippen LogP contribution in [-0.2, 0) is 35.7 Å². The van der Waals surface area contributed by atoms with Gasteiger partial charge in [0.2, 0.25) is 0 Å². The summed E-state index contributed by atoms with van der Waals surface area (Å²) in [7, 11) is 0. The number of phenolic OH excluding ortho intramolecular Hbond substituents is 1. The maximum absolute atomic E-state index is 14.6. The number of nitrogens with zero attached hydrogens (tertiary/aromatic N) is 4. The Labute approximate surface area is 287 Å². The van der Waals surface area contributed by atoms with Gasteiger partial charge in [-0.05, 0) is 63.8 Å². The van der Waals surface area contributed by atoms with Gasteiger partial charge in [0.25, 0.3) is 11.1 Å². The summed E-state index contributed by atoms with van der Waals surface area (Å²) in [6.07, 6.45) is 3.26. The molecule has 4 aromatic rings. The molecule has 0 fully saturated rings. The fourth-order valence-electron chi connectivity index (χ4n) is 5.50. The lowest BCUT2D eigenvalue weighted by atomic mass is 10.1. The molecule has 2 aliphatic heterocycles. The Kier molecular flexibility index (Phi) is 10.6. The minimum absolute atomic E-state index is 0.0176. The van der Waals surface area contributed by atoms with Crippen LogP contribution < -0.4 is 15.9 Å². The molecule has 252 valence electrons. The quantitative estimate of drug-likeness (QED) is 0.211. The van der Waals surface area contributed by atoms with Gasteiger partial charge in [0.05, 0.1) is 27.3 Å². The third kappa shape index (κ3) is 7.06. The molecule has 0 saturated carbocycles. The lowest BCUT2D eigenvalue weighted by molar-refractivity contribution is -0.149. The average molecular weight is 734 g/mol. The standard InChI is InChI=1S/C18H19Cl2FN2O4.C13H11Cl2FN2O2/c1-10(2)27-15(24)9-26-14-7-11(13(21)8-12(14)19)16-17(20)22-5-3-4-6-23(22)18(16)25;14-8-6-9(16)7(5-10(8)19)11-12(15)17-3-1-2-4-18(17)13(11)20/h7-8,10H,3-6,9H2,1-2H3;5-6,19H,1-4H2. The smallest absolute Gasteiger partial charge is 0.344 e. The predicted octanol–water partition coefficient (Wildman–Crippen LogP) is 7.15. The van der Waals surface area contributed by atoms with Gasteiger partial charge in [0, 0.05) is 37.3 Å². The number of ether oxygens (including phenoxy) is 2. The molecule has 2 aromatic heterocycles. The largest absolute Gasteiger partial charge is 0.506 e. The molecule has 2 aliphatic rings. The maximum Gasteiger partial charge on any atom is 0.344 e. The summed E-state index contributed by atoms with van der Waals surface area (Å²) in [5, 5.41) is 9.85. The van der Waals surface area contributed by atoms with Crippen LogP contribution in [0, 0.1) is 11.6 Å². The molecule has 4 heterocycles. The third-order valence-electron chi connectivity index (χ3n) is 7.63. The molecule has 0 spiro atoms. The van der Waals surface area contributed by atoms with E-state index in [0.29, 0.717) is 26.2 Å². The number of fused-ring (bicyclic) bond motifs is 2. The van der Waals surface area contributed by atoms with Gasteiger partial charge in [-0.15, -0.1) is 0 Å². The van der Waals surface area contributed by atoms with Crippen molar-refractivity contribution in [2.45, 2.75) is 71.8 Å². The molecule has 16 heteroatoms. The first-order chi connectivity index (χ1) is 22.3. The number of hydrogen-bond acceptors (Lipinski definition) is 6. The van der Waals surface area contributed by atoms with E-state index < -0.39 is 17.6 Å². The topological polar surface area (TPSA) is 110 Å². The van der Waals surface area contributed by atoms with E-state index in [9.17, 15) is 28.3 Å². The zero-order chi connectivity index (χ0) is 34.2. The van der Waals surface area contributed by atoms with Gasteiger partial charge in [-0.3, -0.25) is 19.0 Å². The number of esters is 1. The first kappa shape index (κ1) is 34.9. The Balaban J connectivity index is 0.000000193. The van der Waals surface area contributed by atoms with Crippen molar-refractivity contribution in [3.8, 4) is 33.8 Å². The van der Waals surface area contributed by atoms with Crippen molar-refractivity contribution in [1.29, 1.82) is 0 Å². The summed E-state index contributed by atoms with van der Waals surface area (Å²) in [6.45, 7) is 5.33. The fraction of sp³-hybridized carbons (Fsp3) is 0.387. The number of carbonyl (C=O) groups is 1. The second-order valence-electron chi connectivity index (χ2n) is 11.2. The highest BCUT2D eigenvalue weighted by atomic mass is 35.5. The Morgan fingerprint density at radius 2 is 1.21 bits per heavy atom. The summed E-state index contributed by atoms with van der Waals surface area (Å²) in [5.41, 5.74) is -0.644. The highest BCUT2D eigenvalue weighted by Crippen LogP contribution is 2.37. The van der Waals surface area contributed by atoms with Crippen molar-refractivity contribution in [3.63, 3.8) is 0 Å². The second kappa shape index (κ2) is 14.3. The normalized spacial score (nSPS) is 13.9. The molecule has 10 nitrogen and oxygen atoms in total. The van der Waals surface area contributed by atoms with E-state index in [2.05, 4.69) is 0 Å². The number of carbonyl (C=O) groups excluding carboxylic acids is 1. The molecular weight excluding hydrogens is 704 g/mol. The summed E-state index contributed by atoms with van der Waals surface area (Å²) in [4.78, 5) is 36.7. The molecule has 47 heavy (non-hydrogen) atoms. The number of halogens is 6. The predicted molar refractivity (Wildman–Crippen MR) is 175 cm³/mol. The van der Waals surface area contributed by atoms with Crippen molar-refractivity contribution in [3.05, 3.63) is 77.0 Å². The van der Waals surface area contributed by atoms with Crippen LogP contribution in [0.3, 0.4) is 0 Å². The van der Waals surface area contributed by atoms with Gasteiger partial charge in [-0.2, -0.15) is 0 Å². The van der Waals surface area contributed by atoms with Crippen LogP contribution >= 0.6 is 46.4 Å². The molecule has 0 unspecified atom stereocenters. The van der Waals surface area contributed by atoms with Gasteiger partial charge in [-0.1, -0.05) is 46.4 Å². The number of aromatic hydroxyl groups is 1. The van der Waals surface area contributed by atoms with Crippen LogP contribution in [-0.4, -0.2) is 42.5 Å². The first-order valence-corrected chi connectivity index (χ1v) is 16.3. The maximum atomic E-state index is 14.6. The Morgan fingerprint density at radius 1 is 0.766 bits per heavy atom. The van der Waals surface area contributed by atoms with Crippen molar-refractivity contribution >= 4 is 52.4 Å². The first-order valence-electron chi connectivity index (χ1n) is 14.8. The lowest BCUT2D eigenvalue weighted by Gasteiger charge is -2.17. The number of rotatable bonds is 6. The van der Waals surface area contributed by atoms with E-state index in [1.165, 1.54) is 15.4 Å². The van der Waals surface area contributed by atoms with Crippen molar-refractivity contribution in [2.75, 3.05) is 6.61 Å². The summed E-state index contributed by atoms with van der Waals surface area (Å²) >= 11 is 24.2. The van der Waals surface area contributed by atoms with E-state index >= 15 is 0 Å². The van der Waals surface area contributed by atoms with E-state index in [1.54, 1.807) is 23.2 Å². The Hall–Kier alpha value is -3.45. The highest BCUT2D eigenvalue weighted by Gasteiger charge is 2.26. The van der Waals surface area contributed by atoms with Crippen molar-refractivity contribution in [2.24, 2.45) is 0 Å². The minimum atomic E-state index is -0.695. The lowest BCUT2D eigenvalue weighted by Crippen LogP contribution is -2.27. The van der Waals surface area contributed by atoms with Gasteiger partial charge in [-0.25, -0.2) is 22.9 Å². The van der Waals surface area contributed by atoms with Crippen LogP contribution in [0.1, 0.15) is 39.5 Å². The highest BCUT2D eigenvalue weighted by molar-refractivity contribution is 6.34. The van der Waals surface area contributed by atoms with Gasteiger partial charge in [0.1, 0.15) is 33.4 Å². The number of hydrogen-bond donors (Lipinski definition) is 1. The Bertz CT molecular complexity index is 1970. The molecule has 0 bridgehead atoms. The molecule has 1 N–H and O–H groups in total. The van der Waals surface area contributed by atoms with Gasteiger partial charge in [0.15, 0.2) is 6.61 Å². The summed E-state index contributed by atoms with van der Waals surface area (Å²) < 4.78 is 45.3. The van der Waals surface area contributed by atoms with Crippen LogP contribution in [0.2, 0.25) is 20.4 Å². The molecule has 0 aliphatic carbocycles. The number of phenols is 1. The SMILES string of the molecule is CC(C)OC(=O)COc1cc(-c2c(Cl)n3n(c2=O)CCCC3)c(F)cc1Cl.O=c1c(-c2cc(O)c(Cl)cc2F)c(Cl)n2n1CCCC2. The van der Waals surface area contributed by atoms with Crippen molar-refractivity contribution in [1.82, 2.24) is 18.7 Å². The zero-order valence-electron chi connectivity index (χ0n) is 25.3. The van der Waals surface area contributed by atoms with E-state index in [-0.39, 0.29) is 77.9 Å². The van der Waals surface area contributed by atoms with Crippen LogP contribution in [0.25, 0.3) is 22.3 Å². The molecule has 0 atom stereocenters. The van der Waals surface area contributed by atoms with Crippen LogP contribution in [0.5, 0.6) is 11.5 Å². The third-order valence-corrected chi connectivity index (χ3v) is 9.00.